The average molecular weight is 512 g/mol. The van der Waals surface area contributed by atoms with Crippen molar-refractivity contribution in [2.45, 2.75) is 103 Å². The highest BCUT2D eigenvalue weighted by Gasteiger charge is 2.35. The molecule has 2 N–H and O–H groups in total. The summed E-state index contributed by atoms with van der Waals surface area (Å²) < 4.78 is 0.996. The second-order valence-corrected chi connectivity index (χ2v) is 11.5. The minimum atomic E-state index is -0.752. The number of likely N-dealkylation sites (N-methyl/N-ethyl adjacent to an activating group) is 2. The van der Waals surface area contributed by atoms with Crippen LogP contribution in [0.15, 0.2) is 17.1 Å². The van der Waals surface area contributed by atoms with Crippen molar-refractivity contribution in [3.8, 4) is 0 Å². The van der Waals surface area contributed by atoms with Gasteiger partial charge in [-0.2, -0.15) is 0 Å². The number of carbonyl (C=O) groups is 2. The van der Waals surface area contributed by atoms with Gasteiger partial charge in [-0.15, -0.1) is 0 Å². The molecule has 0 aliphatic carbocycles. The van der Waals surface area contributed by atoms with Gasteiger partial charge in [0.05, 0.1) is 34.7 Å². The number of carboxylic acid groups (broad SMARTS) is 2. The van der Waals surface area contributed by atoms with Gasteiger partial charge in [0.25, 0.3) is 0 Å². The summed E-state index contributed by atoms with van der Waals surface area (Å²) in [7, 11) is 7.54. The van der Waals surface area contributed by atoms with Gasteiger partial charge in [-0.05, 0) is 32.1 Å². The summed E-state index contributed by atoms with van der Waals surface area (Å²) >= 11 is 0. The summed E-state index contributed by atoms with van der Waals surface area (Å²) in [6, 6.07) is 0. The zero-order valence-corrected chi connectivity index (χ0v) is 24.1. The molecule has 0 bridgehead atoms. The molecule has 7 nitrogen and oxygen atoms in total. The third kappa shape index (κ3) is 20.5. The first-order chi connectivity index (χ1) is 17.0. The quantitative estimate of drug-likeness (QED) is 0.117. The van der Waals surface area contributed by atoms with E-state index >= 15 is 0 Å². The fourth-order valence-electron chi connectivity index (χ4n) is 4.45. The number of hydrogen-bond donors (Lipinski definition) is 2. The molecule has 0 fully saturated rings. The van der Waals surface area contributed by atoms with Gasteiger partial charge < -0.3 is 14.7 Å². The van der Waals surface area contributed by atoms with Gasteiger partial charge in [0.1, 0.15) is 6.54 Å². The van der Waals surface area contributed by atoms with E-state index < -0.39 is 11.9 Å². The molecule has 0 saturated heterocycles. The second-order valence-electron chi connectivity index (χ2n) is 11.5. The molecule has 0 spiro atoms. The van der Waals surface area contributed by atoms with Crippen molar-refractivity contribution in [2.24, 2.45) is 4.99 Å². The molecule has 1 atom stereocenters. The molecular weight excluding hydrogens is 454 g/mol. The van der Waals surface area contributed by atoms with Crippen LogP contribution in [0, 0.1) is 0 Å². The Morgan fingerprint density at radius 2 is 1.33 bits per heavy atom. The van der Waals surface area contributed by atoms with Crippen LogP contribution in [0.5, 0.6) is 0 Å². The third-order valence-electron chi connectivity index (χ3n) is 6.52. The Morgan fingerprint density at radius 3 is 1.78 bits per heavy atom. The molecule has 0 aromatic heterocycles. The molecule has 0 aromatic rings. The van der Waals surface area contributed by atoms with Crippen molar-refractivity contribution in [1.82, 2.24) is 0 Å². The lowest BCUT2D eigenvalue weighted by Crippen LogP contribution is -2.50. The molecule has 1 aliphatic heterocycles. The number of nitrogens with zero attached hydrogens (tertiary/aromatic N) is 3. The molecule has 0 saturated carbocycles. The highest BCUT2D eigenvalue weighted by atomic mass is 16.4. The Kier molecular flexibility index (Phi) is 19.4. The maximum absolute atomic E-state index is 11.1. The smallest absolute Gasteiger partial charge is 0.359 e. The van der Waals surface area contributed by atoms with E-state index in [4.69, 9.17) is 10.2 Å². The Hall–Kier alpha value is -1.73. The molecule has 210 valence electrons. The Labute approximate surface area is 221 Å². The zero-order valence-electron chi connectivity index (χ0n) is 24.1. The first kappa shape index (κ1) is 34.3. The summed E-state index contributed by atoms with van der Waals surface area (Å²) in [5, 5.41) is 17.3. The van der Waals surface area contributed by atoms with Crippen LogP contribution < -0.4 is 0 Å². The van der Waals surface area contributed by atoms with Crippen LogP contribution in [-0.4, -0.2) is 91.3 Å². The molecule has 7 heteroatoms. The molecule has 1 unspecified atom stereocenters. The van der Waals surface area contributed by atoms with Crippen LogP contribution >= 0.6 is 0 Å². The first-order valence-electron chi connectivity index (χ1n) is 14.3. The lowest BCUT2D eigenvalue weighted by atomic mass is 10.1. The van der Waals surface area contributed by atoms with E-state index in [1.165, 1.54) is 83.5 Å². The van der Waals surface area contributed by atoms with Crippen LogP contribution in [0.3, 0.4) is 0 Å². The Morgan fingerprint density at radius 1 is 0.833 bits per heavy atom. The topological polar surface area (TPSA) is 87.0 Å². The number of allylic oxidation sites excluding steroid dienone is 2. The number of aliphatic imine (C=N–C) groups is 1. The summed E-state index contributed by atoms with van der Waals surface area (Å²) in [6.45, 7) is 4.25. The van der Waals surface area contributed by atoms with Crippen molar-refractivity contribution in [2.75, 3.05) is 54.4 Å². The van der Waals surface area contributed by atoms with Crippen molar-refractivity contribution in [3.63, 3.8) is 0 Å². The SMILES string of the molecule is CCCCCCCC/C=C\CCCCCCCCC1=NCC[N+]1(C)CC(=O)O.C[N+](C)(C)CC(=O)O. The van der Waals surface area contributed by atoms with Gasteiger partial charge in [0, 0.05) is 6.42 Å². The van der Waals surface area contributed by atoms with E-state index in [0.717, 1.165) is 31.8 Å². The number of carboxylic acids is 2. The summed E-state index contributed by atoms with van der Waals surface area (Å²) in [5.74, 6) is -0.381. The van der Waals surface area contributed by atoms with E-state index in [1.807, 2.05) is 28.2 Å². The second kappa shape index (κ2) is 20.3. The lowest BCUT2D eigenvalue weighted by Gasteiger charge is -2.28. The minimum Gasteiger partial charge on any atom is -0.477 e. The van der Waals surface area contributed by atoms with E-state index in [-0.39, 0.29) is 13.1 Å². The van der Waals surface area contributed by atoms with E-state index in [2.05, 4.69) is 24.1 Å². The maximum atomic E-state index is 11.1. The first-order valence-corrected chi connectivity index (χ1v) is 14.3. The van der Waals surface area contributed by atoms with Gasteiger partial charge in [-0.1, -0.05) is 76.9 Å². The van der Waals surface area contributed by atoms with Gasteiger partial charge >= 0.3 is 11.9 Å². The van der Waals surface area contributed by atoms with E-state index in [9.17, 15) is 9.59 Å². The fourth-order valence-corrected chi connectivity index (χ4v) is 4.45. The predicted molar refractivity (Wildman–Crippen MR) is 150 cm³/mol. The van der Waals surface area contributed by atoms with E-state index in [1.54, 1.807) is 0 Å². The number of aliphatic carboxylic acids is 2. The van der Waals surface area contributed by atoms with Crippen molar-refractivity contribution >= 4 is 17.8 Å². The molecule has 0 radical (unpaired) electrons. The average Bonchev–Trinajstić information content (AvgIpc) is 3.11. The highest BCUT2D eigenvalue weighted by Crippen LogP contribution is 2.18. The molecular formula is C29H57N3O4+2. The number of amidine groups is 1. The number of unbranched alkanes of at least 4 members (excludes halogenated alkanes) is 12. The molecule has 1 heterocycles. The molecule has 1 aliphatic rings. The molecule has 0 amide bonds. The monoisotopic (exact) mass is 511 g/mol. The van der Waals surface area contributed by atoms with Crippen LogP contribution in [-0.2, 0) is 9.59 Å². The standard InChI is InChI=1S/C24H44N2O2.C5H11NO2/c1-3-4-5-6-7-8-9-10-11-12-13-14-15-16-17-18-19-23-25-20-21-26(23,2)22-24(27)28;1-6(2,3)4-5(7)8/h10-11H,3-9,12-22H2,1-2H3;4H2,1-3H3/p+2/b11-10-;. The zero-order chi connectivity index (χ0) is 27.3. The van der Waals surface area contributed by atoms with Gasteiger partial charge in [-0.3, -0.25) is 4.48 Å². The Bertz CT molecular complexity index is 655. The molecule has 36 heavy (non-hydrogen) atoms. The number of rotatable bonds is 20. The van der Waals surface area contributed by atoms with Gasteiger partial charge in [0.15, 0.2) is 18.9 Å². The highest BCUT2D eigenvalue weighted by molar-refractivity contribution is 5.79. The van der Waals surface area contributed by atoms with Crippen LogP contribution in [0.2, 0.25) is 0 Å². The third-order valence-corrected chi connectivity index (χ3v) is 6.52. The van der Waals surface area contributed by atoms with Crippen LogP contribution in [0.1, 0.15) is 103 Å². The Balaban J connectivity index is 0.00000131. The van der Waals surface area contributed by atoms with E-state index in [0.29, 0.717) is 8.97 Å². The summed E-state index contributed by atoms with van der Waals surface area (Å²) in [6.07, 6.45) is 24.2. The molecule has 1 rings (SSSR count). The number of hydrogen-bond acceptors (Lipinski definition) is 3. The van der Waals surface area contributed by atoms with Crippen molar-refractivity contribution in [1.29, 1.82) is 0 Å². The van der Waals surface area contributed by atoms with Crippen LogP contribution in [0.4, 0.5) is 0 Å². The number of quaternary nitrogens is 2. The van der Waals surface area contributed by atoms with Gasteiger partial charge in [-0.25, -0.2) is 14.6 Å². The largest absolute Gasteiger partial charge is 0.477 e. The van der Waals surface area contributed by atoms with Gasteiger partial charge in [0.2, 0.25) is 0 Å². The summed E-state index contributed by atoms with van der Waals surface area (Å²) in [5.41, 5.74) is 0. The fraction of sp³-hybridized carbons (Fsp3) is 0.828. The predicted octanol–water partition coefficient (Wildman–Crippen LogP) is 6.13. The van der Waals surface area contributed by atoms with Crippen LogP contribution in [0.25, 0.3) is 0 Å². The van der Waals surface area contributed by atoms with Crippen molar-refractivity contribution < 1.29 is 28.8 Å². The summed E-state index contributed by atoms with van der Waals surface area (Å²) in [4.78, 5) is 25.6. The lowest BCUT2D eigenvalue weighted by molar-refractivity contribution is -0.862. The normalized spacial score (nSPS) is 17.6. The van der Waals surface area contributed by atoms with Crippen molar-refractivity contribution in [3.05, 3.63) is 12.2 Å². The maximum Gasteiger partial charge on any atom is 0.359 e. The minimum absolute atomic E-state index is 0.172. The molecule has 0 aromatic carbocycles.